The number of anilines is 2. The molecule has 1 fully saturated rings. The molecule has 0 amide bonds. The zero-order chi connectivity index (χ0) is 37.3. The maximum atomic E-state index is 6.36. The Bertz CT molecular complexity index is 1900. The minimum absolute atomic E-state index is 0.311. The summed E-state index contributed by atoms with van der Waals surface area (Å²) in [6, 6.07) is 21.1. The van der Waals surface area contributed by atoms with Crippen LogP contribution in [0.25, 0.3) is 22.6 Å². The normalized spacial score (nSPS) is 14.2. The number of benzene rings is 2. The molecule has 3 aromatic heterocycles. The lowest BCUT2D eigenvalue weighted by molar-refractivity contribution is 0.0342. The molecule has 2 aromatic carbocycles. The predicted octanol–water partition coefficient (Wildman–Crippen LogP) is 7.51. The highest BCUT2D eigenvalue weighted by molar-refractivity contribution is 6.76. The summed E-state index contributed by atoms with van der Waals surface area (Å²) in [5.74, 6) is 1.31. The lowest BCUT2D eigenvalue weighted by Crippen LogP contribution is -2.35. The van der Waals surface area contributed by atoms with Gasteiger partial charge in [0.05, 0.1) is 42.7 Å². The molecule has 0 spiro atoms. The monoisotopic (exact) mass is 756 g/mol. The SMILES string of the molecule is C[Si](C)(C)CCOCn1cc(Nc2ccnc(OCCc3ccccc3)n2)c(-c2nc3cc(CN4CCOCC4)ccc3n2COCC[Si](C)(C)C)n1. The van der Waals surface area contributed by atoms with Gasteiger partial charge in [-0.25, -0.2) is 14.6 Å². The van der Waals surface area contributed by atoms with E-state index < -0.39 is 16.1 Å². The van der Waals surface area contributed by atoms with Gasteiger partial charge in [-0.15, -0.1) is 0 Å². The lowest BCUT2D eigenvalue weighted by Gasteiger charge is -2.26. The van der Waals surface area contributed by atoms with Gasteiger partial charge in [0, 0.05) is 61.6 Å². The van der Waals surface area contributed by atoms with E-state index in [0.717, 1.165) is 68.1 Å². The third kappa shape index (κ3) is 11.8. The van der Waals surface area contributed by atoms with Gasteiger partial charge in [0.25, 0.3) is 0 Å². The first-order valence-electron chi connectivity index (χ1n) is 18.8. The molecule has 6 rings (SSSR count). The van der Waals surface area contributed by atoms with Gasteiger partial charge in [-0.05, 0) is 41.4 Å². The quantitative estimate of drug-likeness (QED) is 0.0671. The highest BCUT2D eigenvalue weighted by Gasteiger charge is 2.22. The number of hydrogen-bond acceptors (Lipinski definition) is 10. The largest absolute Gasteiger partial charge is 0.463 e. The smallest absolute Gasteiger partial charge is 0.318 e. The Morgan fingerprint density at radius 2 is 1.55 bits per heavy atom. The molecule has 0 radical (unpaired) electrons. The molecule has 0 atom stereocenters. The molecule has 0 aliphatic carbocycles. The first-order valence-corrected chi connectivity index (χ1v) is 26.2. The maximum Gasteiger partial charge on any atom is 0.318 e. The second-order valence-electron chi connectivity index (χ2n) is 16.1. The van der Waals surface area contributed by atoms with Crippen LogP contribution in [-0.4, -0.2) is 96.5 Å². The van der Waals surface area contributed by atoms with E-state index in [2.05, 4.69) is 89.4 Å². The highest BCUT2D eigenvalue weighted by Crippen LogP contribution is 2.32. The van der Waals surface area contributed by atoms with Gasteiger partial charge in [-0.2, -0.15) is 10.1 Å². The van der Waals surface area contributed by atoms with Crippen LogP contribution in [0.1, 0.15) is 11.1 Å². The summed E-state index contributed by atoms with van der Waals surface area (Å²) in [4.78, 5) is 16.7. The van der Waals surface area contributed by atoms with Gasteiger partial charge < -0.3 is 24.3 Å². The van der Waals surface area contributed by atoms with E-state index in [9.17, 15) is 0 Å². The van der Waals surface area contributed by atoms with Crippen molar-refractivity contribution in [2.75, 3.05) is 51.4 Å². The molecular weight excluding hydrogens is 701 g/mol. The van der Waals surface area contributed by atoms with Crippen molar-refractivity contribution in [1.29, 1.82) is 0 Å². The van der Waals surface area contributed by atoms with E-state index in [1.807, 2.05) is 35.1 Å². The van der Waals surface area contributed by atoms with Crippen molar-refractivity contribution in [2.24, 2.45) is 0 Å². The van der Waals surface area contributed by atoms with Crippen molar-refractivity contribution in [3.8, 4) is 17.5 Å². The average Bonchev–Trinajstić information content (AvgIpc) is 3.69. The molecule has 0 bridgehead atoms. The summed E-state index contributed by atoms with van der Waals surface area (Å²) in [7, 11) is -2.51. The Balaban J connectivity index is 1.30. The van der Waals surface area contributed by atoms with Crippen LogP contribution in [0.4, 0.5) is 11.5 Å². The van der Waals surface area contributed by atoms with Crippen LogP contribution in [0.3, 0.4) is 0 Å². The van der Waals surface area contributed by atoms with Gasteiger partial charge in [-0.1, -0.05) is 75.7 Å². The Morgan fingerprint density at radius 3 is 2.28 bits per heavy atom. The van der Waals surface area contributed by atoms with Gasteiger partial charge in [0.1, 0.15) is 19.3 Å². The van der Waals surface area contributed by atoms with Gasteiger partial charge >= 0.3 is 6.01 Å². The third-order valence-electron chi connectivity index (χ3n) is 9.09. The van der Waals surface area contributed by atoms with E-state index >= 15 is 0 Å². The van der Waals surface area contributed by atoms with E-state index in [1.165, 1.54) is 11.1 Å². The number of aromatic nitrogens is 6. The summed E-state index contributed by atoms with van der Waals surface area (Å²) < 4.78 is 28.0. The summed E-state index contributed by atoms with van der Waals surface area (Å²) in [5.41, 5.74) is 5.76. The van der Waals surface area contributed by atoms with Crippen LogP contribution < -0.4 is 10.1 Å². The van der Waals surface area contributed by atoms with Crippen LogP contribution in [0, 0.1) is 0 Å². The Hall–Kier alpha value is -3.93. The van der Waals surface area contributed by atoms with Crippen molar-refractivity contribution in [3.63, 3.8) is 0 Å². The first-order chi connectivity index (χ1) is 25.5. The summed E-state index contributed by atoms with van der Waals surface area (Å²) in [6.07, 6.45) is 4.43. The molecule has 0 unspecified atom stereocenters. The average molecular weight is 757 g/mol. The number of nitrogens with one attached hydrogen (secondary N) is 1. The number of morpholine rings is 1. The van der Waals surface area contributed by atoms with Crippen molar-refractivity contribution >= 4 is 38.7 Å². The van der Waals surface area contributed by atoms with Crippen molar-refractivity contribution in [1.82, 2.24) is 34.2 Å². The second-order valence-corrected chi connectivity index (χ2v) is 27.4. The fourth-order valence-corrected chi connectivity index (χ4v) is 7.45. The molecule has 1 aliphatic rings. The van der Waals surface area contributed by atoms with Crippen molar-refractivity contribution in [3.05, 3.63) is 78.1 Å². The Kier molecular flexibility index (Phi) is 13.1. The predicted molar refractivity (Wildman–Crippen MR) is 216 cm³/mol. The first kappa shape index (κ1) is 38.8. The topological polar surface area (TPSA) is 114 Å². The number of fused-ring (bicyclic) bond motifs is 1. The fraction of sp³-hybridized carbons (Fsp3) is 0.487. The van der Waals surface area contributed by atoms with Crippen molar-refractivity contribution < 1.29 is 18.9 Å². The zero-order valence-corrected chi connectivity index (χ0v) is 34.3. The van der Waals surface area contributed by atoms with E-state index in [1.54, 1.807) is 6.20 Å². The Labute approximate surface area is 315 Å². The molecule has 0 saturated carbocycles. The molecule has 1 saturated heterocycles. The van der Waals surface area contributed by atoms with Gasteiger partial charge in [0.2, 0.25) is 0 Å². The molecule has 1 N–H and O–H groups in total. The standard InChI is InChI=1S/C39H56N8O4Si2/c1-52(2,3)24-22-49-29-46-28-34(41-36-14-16-40-39(43-36)51-19-15-31-10-8-7-9-11-31)37(44-46)38-42-33-26-32(27-45-17-20-48-21-18-45)12-13-35(33)47(38)30-50-23-25-53(4,5)6/h7-14,16,26,28H,15,17-25,27,29-30H2,1-6H3,(H,40,41,43). The molecule has 14 heteroatoms. The minimum Gasteiger partial charge on any atom is -0.463 e. The van der Waals surface area contributed by atoms with Crippen molar-refractivity contribution in [2.45, 2.75) is 77.8 Å². The van der Waals surface area contributed by atoms with Crippen LogP contribution in [0.5, 0.6) is 6.01 Å². The van der Waals surface area contributed by atoms with Crippen LogP contribution in [0.15, 0.2) is 67.0 Å². The second kappa shape index (κ2) is 17.9. The molecule has 284 valence electrons. The lowest BCUT2D eigenvalue weighted by atomic mass is 10.2. The summed E-state index contributed by atoms with van der Waals surface area (Å²) in [5, 5.41) is 8.58. The molecule has 4 heterocycles. The number of hydrogen-bond donors (Lipinski definition) is 1. The van der Waals surface area contributed by atoms with Crippen LogP contribution in [-0.2, 0) is 40.6 Å². The molecule has 12 nitrogen and oxygen atoms in total. The summed E-state index contributed by atoms with van der Waals surface area (Å²) in [6.45, 7) is 21.0. The van der Waals surface area contributed by atoms with E-state index in [-0.39, 0.29) is 0 Å². The van der Waals surface area contributed by atoms with Gasteiger partial charge in [0.15, 0.2) is 11.5 Å². The molecule has 5 aromatic rings. The number of rotatable bonds is 19. The van der Waals surface area contributed by atoms with E-state index in [4.69, 9.17) is 34.0 Å². The number of imidazole rings is 1. The van der Waals surface area contributed by atoms with Crippen LogP contribution in [0.2, 0.25) is 51.4 Å². The molecular formula is C39H56N8O4Si2. The minimum atomic E-state index is -1.27. The number of ether oxygens (including phenoxy) is 4. The fourth-order valence-electron chi connectivity index (χ4n) is 5.94. The third-order valence-corrected chi connectivity index (χ3v) is 12.5. The Morgan fingerprint density at radius 1 is 0.811 bits per heavy atom. The zero-order valence-electron chi connectivity index (χ0n) is 32.3. The summed E-state index contributed by atoms with van der Waals surface area (Å²) >= 11 is 0. The number of nitrogens with zero attached hydrogens (tertiary/aromatic N) is 7. The maximum absolute atomic E-state index is 6.36. The highest BCUT2D eigenvalue weighted by atomic mass is 28.3. The molecule has 1 aliphatic heterocycles. The van der Waals surface area contributed by atoms with Gasteiger partial charge in [-0.3, -0.25) is 9.47 Å². The van der Waals surface area contributed by atoms with E-state index in [0.29, 0.717) is 56.6 Å². The molecule has 53 heavy (non-hydrogen) atoms. The van der Waals surface area contributed by atoms with Crippen LogP contribution >= 0.6 is 0 Å².